The molecular formula is C11H13NO5. The summed E-state index contributed by atoms with van der Waals surface area (Å²) in [4.78, 5) is 21.2. The molecule has 0 bridgehead atoms. The molecule has 0 amide bonds. The van der Waals surface area contributed by atoms with Crippen molar-refractivity contribution in [3.63, 3.8) is 0 Å². The summed E-state index contributed by atoms with van der Waals surface area (Å²) in [5.74, 6) is -0.383. The lowest BCUT2D eigenvalue weighted by atomic mass is 10.1. The highest BCUT2D eigenvalue weighted by Crippen LogP contribution is 2.18. The van der Waals surface area contributed by atoms with E-state index in [-0.39, 0.29) is 30.4 Å². The van der Waals surface area contributed by atoms with Crippen LogP contribution in [-0.2, 0) is 4.79 Å². The van der Waals surface area contributed by atoms with E-state index < -0.39 is 10.9 Å². The first-order valence-electron chi connectivity index (χ1n) is 5.09. The van der Waals surface area contributed by atoms with E-state index >= 15 is 0 Å². The van der Waals surface area contributed by atoms with Crippen molar-refractivity contribution >= 4 is 11.7 Å². The Morgan fingerprint density at radius 3 is 2.53 bits per heavy atom. The molecule has 17 heavy (non-hydrogen) atoms. The quantitative estimate of drug-likeness (QED) is 0.364. The van der Waals surface area contributed by atoms with Crippen LogP contribution in [0.25, 0.3) is 0 Å². The summed E-state index contributed by atoms with van der Waals surface area (Å²) in [6.07, 6.45) is 0.105. The van der Waals surface area contributed by atoms with E-state index in [1.54, 1.807) is 6.92 Å². The second-order valence-electron chi connectivity index (χ2n) is 3.72. The topological polar surface area (TPSA) is 89.7 Å². The summed E-state index contributed by atoms with van der Waals surface area (Å²) in [6.45, 7) is 1.63. The number of aliphatic hydroxyl groups is 1. The Hall–Kier alpha value is -1.95. The van der Waals surface area contributed by atoms with E-state index in [0.29, 0.717) is 0 Å². The van der Waals surface area contributed by atoms with Gasteiger partial charge in [0.1, 0.15) is 5.75 Å². The Labute approximate surface area is 98.0 Å². The Bertz CT molecular complexity index is 401. The van der Waals surface area contributed by atoms with Crippen LogP contribution in [0.4, 0.5) is 5.69 Å². The molecule has 0 heterocycles. The highest BCUT2D eigenvalue weighted by atomic mass is 16.6. The van der Waals surface area contributed by atoms with Crippen molar-refractivity contribution in [2.24, 2.45) is 5.92 Å². The number of esters is 1. The smallest absolute Gasteiger partial charge is 0.311 e. The molecule has 0 fully saturated rings. The number of carbonyl (C=O) groups excluding carboxylic acids is 1. The molecule has 1 N–H and O–H groups in total. The summed E-state index contributed by atoms with van der Waals surface area (Å²) in [7, 11) is 0. The van der Waals surface area contributed by atoms with Crippen LogP contribution in [0.3, 0.4) is 0 Å². The minimum atomic E-state index is -0.528. The van der Waals surface area contributed by atoms with Crippen LogP contribution in [0.15, 0.2) is 24.3 Å². The number of hydrogen-bond acceptors (Lipinski definition) is 5. The predicted octanol–water partition coefficient (Wildman–Crippen LogP) is 1.52. The predicted molar refractivity (Wildman–Crippen MR) is 59.6 cm³/mol. The summed E-state index contributed by atoms with van der Waals surface area (Å²) in [5, 5.41) is 19.2. The highest BCUT2D eigenvalue weighted by molar-refractivity contribution is 5.72. The van der Waals surface area contributed by atoms with Crippen LogP contribution in [0.5, 0.6) is 5.75 Å². The molecule has 6 nitrogen and oxygen atoms in total. The molecule has 0 aliphatic carbocycles. The SMILES string of the molecule is CC(CO)CC(=O)Oc1ccc([N+](=O)[O-])cc1. The average molecular weight is 239 g/mol. The summed E-state index contributed by atoms with van der Waals surface area (Å²) in [5.41, 5.74) is -0.0616. The van der Waals surface area contributed by atoms with E-state index in [4.69, 9.17) is 9.84 Å². The van der Waals surface area contributed by atoms with Gasteiger partial charge in [-0.05, 0) is 18.1 Å². The van der Waals surface area contributed by atoms with Crippen LogP contribution < -0.4 is 4.74 Å². The number of aliphatic hydroxyl groups excluding tert-OH is 1. The average Bonchev–Trinajstić information content (AvgIpc) is 2.29. The second kappa shape index (κ2) is 5.95. The zero-order chi connectivity index (χ0) is 12.8. The van der Waals surface area contributed by atoms with E-state index in [0.717, 1.165) is 0 Å². The number of nitrogens with zero attached hydrogens (tertiary/aromatic N) is 1. The van der Waals surface area contributed by atoms with Gasteiger partial charge in [0.25, 0.3) is 5.69 Å². The molecule has 0 aromatic heterocycles. The number of nitro benzene ring substituents is 1. The normalized spacial score (nSPS) is 11.9. The molecule has 0 aliphatic rings. The lowest BCUT2D eigenvalue weighted by Crippen LogP contribution is -2.14. The number of rotatable bonds is 5. The fourth-order valence-corrected chi connectivity index (χ4v) is 1.16. The first kappa shape index (κ1) is 13.1. The molecule has 0 aliphatic heterocycles. The maximum absolute atomic E-state index is 11.3. The second-order valence-corrected chi connectivity index (χ2v) is 3.72. The first-order chi connectivity index (χ1) is 8.02. The van der Waals surface area contributed by atoms with Crippen LogP contribution in [-0.4, -0.2) is 22.6 Å². The van der Waals surface area contributed by atoms with Crippen molar-refractivity contribution < 1.29 is 19.6 Å². The van der Waals surface area contributed by atoms with Gasteiger partial charge in [-0.3, -0.25) is 14.9 Å². The molecule has 1 aromatic carbocycles. The van der Waals surface area contributed by atoms with Crippen molar-refractivity contribution in [1.82, 2.24) is 0 Å². The van der Waals surface area contributed by atoms with Gasteiger partial charge in [-0.25, -0.2) is 0 Å². The maximum atomic E-state index is 11.3. The van der Waals surface area contributed by atoms with Crippen molar-refractivity contribution in [3.05, 3.63) is 34.4 Å². The van der Waals surface area contributed by atoms with Gasteiger partial charge in [-0.2, -0.15) is 0 Å². The number of non-ortho nitro benzene ring substituents is 1. The van der Waals surface area contributed by atoms with Gasteiger partial charge in [0.05, 0.1) is 11.3 Å². The lowest BCUT2D eigenvalue weighted by molar-refractivity contribution is -0.384. The molecule has 1 unspecified atom stereocenters. The van der Waals surface area contributed by atoms with Gasteiger partial charge in [0.2, 0.25) is 0 Å². The molecule has 0 saturated carbocycles. The molecule has 0 spiro atoms. The molecule has 6 heteroatoms. The monoisotopic (exact) mass is 239 g/mol. The van der Waals surface area contributed by atoms with E-state index in [1.165, 1.54) is 24.3 Å². The third kappa shape index (κ3) is 4.20. The van der Waals surface area contributed by atoms with E-state index in [9.17, 15) is 14.9 Å². The van der Waals surface area contributed by atoms with Gasteiger partial charge in [0.15, 0.2) is 0 Å². The zero-order valence-corrected chi connectivity index (χ0v) is 9.33. The van der Waals surface area contributed by atoms with Crippen molar-refractivity contribution in [2.75, 3.05) is 6.61 Å². The molecule has 1 rings (SSSR count). The largest absolute Gasteiger partial charge is 0.427 e. The van der Waals surface area contributed by atoms with Crippen molar-refractivity contribution in [2.45, 2.75) is 13.3 Å². The molecule has 92 valence electrons. The number of hydrogen-bond donors (Lipinski definition) is 1. The number of ether oxygens (including phenoxy) is 1. The molecular weight excluding hydrogens is 226 g/mol. The molecule has 0 saturated heterocycles. The Kier molecular flexibility index (Phi) is 4.59. The standard InChI is InChI=1S/C11H13NO5/c1-8(7-13)6-11(14)17-10-4-2-9(3-5-10)12(15)16/h2-5,8,13H,6-7H2,1H3. The third-order valence-electron chi connectivity index (χ3n) is 2.11. The van der Waals surface area contributed by atoms with E-state index in [2.05, 4.69) is 0 Å². The third-order valence-corrected chi connectivity index (χ3v) is 2.11. The summed E-state index contributed by atoms with van der Waals surface area (Å²) >= 11 is 0. The summed E-state index contributed by atoms with van der Waals surface area (Å²) in [6, 6.07) is 5.25. The number of benzene rings is 1. The van der Waals surface area contributed by atoms with Gasteiger partial charge < -0.3 is 9.84 Å². The fourth-order valence-electron chi connectivity index (χ4n) is 1.16. The van der Waals surface area contributed by atoms with Gasteiger partial charge in [-0.1, -0.05) is 6.92 Å². The lowest BCUT2D eigenvalue weighted by Gasteiger charge is -2.07. The van der Waals surface area contributed by atoms with Crippen LogP contribution in [0, 0.1) is 16.0 Å². The number of carbonyl (C=O) groups is 1. The van der Waals surface area contributed by atoms with Gasteiger partial charge >= 0.3 is 5.97 Å². The van der Waals surface area contributed by atoms with Gasteiger partial charge in [-0.15, -0.1) is 0 Å². The minimum Gasteiger partial charge on any atom is -0.427 e. The Morgan fingerprint density at radius 1 is 1.47 bits per heavy atom. The first-order valence-corrected chi connectivity index (χ1v) is 5.09. The zero-order valence-electron chi connectivity index (χ0n) is 9.33. The molecule has 1 atom stereocenters. The molecule has 0 radical (unpaired) electrons. The molecule has 1 aromatic rings. The Morgan fingerprint density at radius 2 is 2.06 bits per heavy atom. The van der Waals surface area contributed by atoms with Gasteiger partial charge in [0, 0.05) is 18.7 Å². The number of nitro groups is 1. The Balaban J connectivity index is 2.57. The van der Waals surface area contributed by atoms with Crippen LogP contribution in [0.2, 0.25) is 0 Å². The highest BCUT2D eigenvalue weighted by Gasteiger charge is 2.11. The summed E-state index contributed by atoms with van der Waals surface area (Å²) < 4.78 is 4.95. The van der Waals surface area contributed by atoms with Crippen molar-refractivity contribution in [3.8, 4) is 5.75 Å². The minimum absolute atomic E-state index is 0.0616. The van der Waals surface area contributed by atoms with Crippen molar-refractivity contribution in [1.29, 1.82) is 0 Å². The maximum Gasteiger partial charge on any atom is 0.311 e. The fraction of sp³-hybridized carbons (Fsp3) is 0.364. The van der Waals surface area contributed by atoms with Crippen LogP contribution >= 0.6 is 0 Å². The van der Waals surface area contributed by atoms with E-state index in [1.807, 2.05) is 0 Å². The van der Waals surface area contributed by atoms with Crippen LogP contribution in [0.1, 0.15) is 13.3 Å².